The summed E-state index contributed by atoms with van der Waals surface area (Å²) in [6, 6.07) is 6.49. The Morgan fingerprint density at radius 2 is 2.00 bits per heavy atom. The normalized spacial score (nSPS) is 17.8. The molecular weight excluding hydrogens is 240 g/mol. The lowest BCUT2D eigenvalue weighted by atomic mass is 10.0. The van der Waals surface area contributed by atoms with Gasteiger partial charge in [0.1, 0.15) is 0 Å². The third kappa shape index (κ3) is 2.83. The molecule has 1 saturated carbocycles. The lowest BCUT2D eigenvalue weighted by Crippen LogP contribution is -2.13. The first-order valence-electron chi connectivity index (χ1n) is 6.99. The van der Waals surface area contributed by atoms with Gasteiger partial charge in [-0.15, -0.1) is 11.3 Å². The van der Waals surface area contributed by atoms with Gasteiger partial charge in [-0.05, 0) is 37.0 Å². The van der Waals surface area contributed by atoms with Crippen molar-refractivity contribution in [1.82, 2.24) is 4.98 Å². The average Bonchev–Trinajstić information content (AvgIpc) is 2.70. The number of nitrogens with one attached hydrogen (secondary N) is 1. The van der Waals surface area contributed by atoms with Crippen molar-refractivity contribution < 1.29 is 0 Å². The summed E-state index contributed by atoms with van der Waals surface area (Å²) < 4.78 is 1.28. The van der Waals surface area contributed by atoms with Crippen LogP contribution >= 0.6 is 11.3 Å². The van der Waals surface area contributed by atoms with E-state index in [0.29, 0.717) is 0 Å². The molecular formula is C15H20N2S. The highest BCUT2D eigenvalue weighted by molar-refractivity contribution is 7.16. The van der Waals surface area contributed by atoms with E-state index in [0.717, 1.165) is 18.0 Å². The minimum atomic E-state index is 0.865. The first kappa shape index (κ1) is 12.0. The van der Waals surface area contributed by atoms with Crippen LogP contribution in [0.25, 0.3) is 10.2 Å². The molecule has 0 atom stereocenters. The van der Waals surface area contributed by atoms with Crippen LogP contribution in [-0.4, -0.2) is 11.5 Å². The van der Waals surface area contributed by atoms with Gasteiger partial charge in [-0.1, -0.05) is 25.7 Å². The number of fused-ring (bicyclic) bond motifs is 1. The lowest BCUT2D eigenvalue weighted by Gasteiger charge is -2.15. The van der Waals surface area contributed by atoms with Crippen molar-refractivity contribution in [1.29, 1.82) is 0 Å². The maximum Gasteiger partial charge on any atom is 0.0813 e. The number of hydrogen-bond acceptors (Lipinski definition) is 3. The van der Waals surface area contributed by atoms with Crippen LogP contribution in [0, 0.1) is 5.92 Å². The Hall–Kier alpha value is -1.09. The van der Waals surface area contributed by atoms with E-state index in [1.165, 1.54) is 48.9 Å². The van der Waals surface area contributed by atoms with Crippen LogP contribution in [0.3, 0.4) is 0 Å². The molecule has 1 N–H and O–H groups in total. The molecule has 3 rings (SSSR count). The van der Waals surface area contributed by atoms with E-state index in [9.17, 15) is 0 Å². The molecule has 0 amide bonds. The Kier molecular flexibility index (Phi) is 3.79. The predicted molar refractivity (Wildman–Crippen MR) is 79.3 cm³/mol. The van der Waals surface area contributed by atoms with Gasteiger partial charge in [0.15, 0.2) is 0 Å². The monoisotopic (exact) mass is 260 g/mol. The van der Waals surface area contributed by atoms with E-state index < -0.39 is 0 Å². The number of rotatable bonds is 3. The fourth-order valence-corrected chi connectivity index (χ4v) is 3.51. The lowest BCUT2D eigenvalue weighted by molar-refractivity contribution is 0.483. The van der Waals surface area contributed by atoms with Gasteiger partial charge in [-0.2, -0.15) is 0 Å². The van der Waals surface area contributed by atoms with Crippen molar-refractivity contribution in [2.45, 2.75) is 38.5 Å². The quantitative estimate of drug-likeness (QED) is 0.811. The van der Waals surface area contributed by atoms with Crippen molar-refractivity contribution in [3.05, 3.63) is 23.7 Å². The molecule has 0 radical (unpaired) electrons. The van der Waals surface area contributed by atoms with Crippen molar-refractivity contribution in [2.24, 2.45) is 5.92 Å². The summed E-state index contributed by atoms with van der Waals surface area (Å²) in [7, 11) is 0. The van der Waals surface area contributed by atoms with Crippen molar-refractivity contribution in [3.8, 4) is 0 Å². The Bertz CT molecular complexity index is 498. The topological polar surface area (TPSA) is 24.9 Å². The first-order chi connectivity index (χ1) is 8.92. The standard InChI is InChI=1S/C15H20N2S/c1-2-4-6-12(5-3-1)10-16-13-7-8-14-15(9-13)18-11-17-14/h7-9,11-12,16H,1-6,10H2. The van der Waals surface area contributed by atoms with Gasteiger partial charge >= 0.3 is 0 Å². The minimum Gasteiger partial charge on any atom is -0.385 e. The molecule has 3 heteroatoms. The number of thiazole rings is 1. The Balaban J connectivity index is 1.61. The second kappa shape index (κ2) is 5.70. The Morgan fingerprint density at radius 1 is 1.17 bits per heavy atom. The summed E-state index contributed by atoms with van der Waals surface area (Å²) in [5, 5.41) is 3.60. The van der Waals surface area contributed by atoms with E-state index in [-0.39, 0.29) is 0 Å². The molecule has 0 aliphatic heterocycles. The minimum absolute atomic E-state index is 0.865. The molecule has 1 aromatic heterocycles. The number of hydrogen-bond donors (Lipinski definition) is 1. The summed E-state index contributed by atoms with van der Waals surface area (Å²) in [5.74, 6) is 0.865. The van der Waals surface area contributed by atoms with E-state index in [1.54, 1.807) is 11.3 Å². The Morgan fingerprint density at radius 3 is 2.83 bits per heavy atom. The van der Waals surface area contributed by atoms with Gasteiger partial charge in [0.05, 0.1) is 15.7 Å². The summed E-state index contributed by atoms with van der Waals surface area (Å²) in [6.45, 7) is 1.13. The third-order valence-electron chi connectivity index (χ3n) is 3.90. The van der Waals surface area contributed by atoms with Gasteiger partial charge in [0, 0.05) is 12.2 Å². The summed E-state index contributed by atoms with van der Waals surface area (Å²) in [5.41, 5.74) is 4.27. The van der Waals surface area contributed by atoms with Crippen LogP contribution in [0.1, 0.15) is 38.5 Å². The van der Waals surface area contributed by atoms with E-state index in [4.69, 9.17) is 0 Å². The van der Waals surface area contributed by atoms with Gasteiger partial charge in [-0.25, -0.2) is 4.98 Å². The zero-order chi connectivity index (χ0) is 12.2. The molecule has 1 aromatic carbocycles. The molecule has 1 aliphatic carbocycles. The van der Waals surface area contributed by atoms with Crippen LogP contribution in [0.15, 0.2) is 23.7 Å². The van der Waals surface area contributed by atoms with Crippen LogP contribution in [-0.2, 0) is 0 Å². The summed E-state index contributed by atoms with van der Waals surface area (Å²) in [4.78, 5) is 4.31. The number of anilines is 1. The molecule has 18 heavy (non-hydrogen) atoms. The van der Waals surface area contributed by atoms with Crippen LogP contribution in [0.4, 0.5) is 5.69 Å². The maximum atomic E-state index is 4.31. The fraction of sp³-hybridized carbons (Fsp3) is 0.533. The second-order valence-corrected chi connectivity index (χ2v) is 6.16. The van der Waals surface area contributed by atoms with E-state index >= 15 is 0 Å². The molecule has 2 aromatic rings. The first-order valence-corrected chi connectivity index (χ1v) is 7.87. The number of aromatic nitrogens is 1. The zero-order valence-electron chi connectivity index (χ0n) is 10.7. The van der Waals surface area contributed by atoms with Gasteiger partial charge in [-0.3, -0.25) is 0 Å². The van der Waals surface area contributed by atoms with Crippen LogP contribution < -0.4 is 5.32 Å². The zero-order valence-corrected chi connectivity index (χ0v) is 11.5. The van der Waals surface area contributed by atoms with Gasteiger partial charge in [0.25, 0.3) is 0 Å². The molecule has 1 heterocycles. The highest BCUT2D eigenvalue weighted by atomic mass is 32.1. The molecule has 0 unspecified atom stereocenters. The van der Waals surface area contributed by atoms with Crippen LogP contribution in [0.2, 0.25) is 0 Å². The van der Waals surface area contributed by atoms with Crippen LogP contribution in [0.5, 0.6) is 0 Å². The molecule has 96 valence electrons. The molecule has 2 nitrogen and oxygen atoms in total. The largest absolute Gasteiger partial charge is 0.385 e. The SMILES string of the molecule is c1nc2ccc(NCC3CCCCCC3)cc2s1. The van der Waals surface area contributed by atoms with Crippen molar-refractivity contribution >= 4 is 27.2 Å². The molecule has 1 fully saturated rings. The Labute approximate surface area is 112 Å². The van der Waals surface area contributed by atoms with Gasteiger partial charge < -0.3 is 5.32 Å². The fourth-order valence-electron chi connectivity index (χ4n) is 2.80. The van der Waals surface area contributed by atoms with Crippen molar-refractivity contribution in [3.63, 3.8) is 0 Å². The van der Waals surface area contributed by atoms with E-state index in [2.05, 4.69) is 28.5 Å². The molecule has 0 spiro atoms. The number of benzene rings is 1. The van der Waals surface area contributed by atoms with Crippen molar-refractivity contribution in [2.75, 3.05) is 11.9 Å². The smallest absolute Gasteiger partial charge is 0.0813 e. The summed E-state index contributed by atoms with van der Waals surface area (Å²) >= 11 is 1.72. The summed E-state index contributed by atoms with van der Waals surface area (Å²) in [6.07, 6.45) is 8.50. The highest BCUT2D eigenvalue weighted by Crippen LogP contribution is 2.25. The third-order valence-corrected chi connectivity index (χ3v) is 4.69. The highest BCUT2D eigenvalue weighted by Gasteiger charge is 2.11. The van der Waals surface area contributed by atoms with Gasteiger partial charge in [0.2, 0.25) is 0 Å². The average molecular weight is 260 g/mol. The number of nitrogens with zero attached hydrogens (tertiary/aromatic N) is 1. The predicted octanol–water partition coefficient (Wildman–Crippen LogP) is 4.68. The second-order valence-electron chi connectivity index (χ2n) is 5.27. The molecule has 0 saturated heterocycles. The van der Waals surface area contributed by atoms with E-state index in [1.807, 2.05) is 5.51 Å². The molecule has 1 aliphatic rings. The maximum absolute atomic E-state index is 4.31. The molecule has 0 bridgehead atoms.